The summed E-state index contributed by atoms with van der Waals surface area (Å²) in [6.07, 6.45) is 4.48. The molecule has 1 saturated carbocycles. The van der Waals surface area contributed by atoms with Crippen molar-refractivity contribution in [1.29, 1.82) is 0 Å². The van der Waals surface area contributed by atoms with Gasteiger partial charge in [-0.05, 0) is 105 Å². The molecule has 3 aliphatic rings. The van der Waals surface area contributed by atoms with Gasteiger partial charge in [-0.15, -0.1) is 0 Å². The predicted molar refractivity (Wildman–Crippen MR) is 184 cm³/mol. The van der Waals surface area contributed by atoms with Crippen LogP contribution in [0.4, 0.5) is 0 Å². The van der Waals surface area contributed by atoms with Crippen molar-refractivity contribution in [3.63, 3.8) is 0 Å². The van der Waals surface area contributed by atoms with Gasteiger partial charge in [-0.2, -0.15) is 0 Å². The number of hydrogen-bond donors (Lipinski definition) is 0. The normalized spacial score (nSPS) is 38.7. The Balaban J connectivity index is 1.95. The molecule has 8 atom stereocenters. The van der Waals surface area contributed by atoms with E-state index in [4.69, 9.17) is 18.9 Å². The Morgan fingerprint density at radius 2 is 1.65 bits per heavy atom. The van der Waals surface area contributed by atoms with Gasteiger partial charge in [-0.3, -0.25) is 14.5 Å². The quantitative estimate of drug-likeness (QED) is 0.225. The Kier molecular flexibility index (Phi) is 14.1. The van der Waals surface area contributed by atoms with Crippen LogP contribution in [-0.2, 0) is 28.5 Å². The van der Waals surface area contributed by atoms with Crippen molar-refractivity contribution < 1.29 is 28.5 Å². The number of methoxy groups -OCH3 is 1. The summed E-state index contributed by atoms with van der Waals surface area (Å²) in [4.78, 5) is 35.4. The van der Waals surface area contributed by atoms with Crippen LogP contribution in [0.5, 0.6) is 0 Å². The number of cyclic esters (lactones) is 1. The van der Waals surface area contributed by atoms with Crippen molar-refractivity contribution in [2.75, 3.05) is 54.5 Å². The number of ketones is 1. The zero-order valence-electron chi connectivity index (χ0n) is 31.6. The molecule has 9 heteroatoms. The number of carbonyl (C=O) groups is 2. The topological polar surface area (TPSA) is 80.8 Å². The minimum atomic E-state index is -1.33. The molecule has 0 aromatic carbocycles. The second-order valence-electron chi connectivity index (χ2n) is 16.5. The van der Waals surface area contributed by atoms with E-state index in [1.54, 1.807) is 21.0 Å². The molecule has 3 rings (SSSR count). The molecule has 9 nitrogen and oxygen atoms in total. The Bertz CT molecular complexity index is 984. The van der Waals surface area contributed by atoms with Crippen LogP contribution >= 0.6 is 0 Å². The van der Waals surface area contributed by atoms with Crippen LogP contribution in [0.15, 0.2) is 0 Å². The smallest absolute Gasteiger partial charge is 0.319 e. The molecule has 0 bridgehead atoms. The molecule has 2 saturated heterocycles. The van der Waals surface area contributed by atoms with E-state index in [9.17, 15) is 9.59 Å². The molecule has 0 amide bonds. The first kappa shape index (κ1) is 39.3. The Morgan fingerprint density at radius 1 is 1.00 bits per heavy atom. The van der Waals surface area contributed by atoms with Crippen LogP contribution in [0.3, 0.4) is 0 Å². The number of esters is 1. The largest absolute Gasteiger partial charge is 0.463 e. The highest BCUT2D eigenvalue weighted by Gasteiger charge is 2.51. The zero-order chi connectivity index (χ0) is 34.6. The van der Waals surface area contributed by atoms with Gasteiger partial charge in [-0.25, -0.2) is 0 Å². The minimum absolute atomic E-state index is 0.0295. The van der Waals surface area contributed by atoms with Gasteiger partial charge in [-0.1, -0.05) is 34.6 Å². The van der Waals surface area contributed by atoms with Crippen LogP contribution in [0.1, 0.15) is 101 Å². The summed E-state index contributed by atoms with van der Waals surface area (Å²) in [7, 11) is 8.13. The first-order chi connectivity index (χ1) is 21.4. The molecule has 46 heavy (non-hydrogen) atoms. The lowest BCUT2D eigenvalue weighted by Gasteiger charge is -2.49. The molecule has 268 valence electrons. The minimum Gasteiger partial charge on any atom is -0.463 e. The number of ether oxygens (including phenoxy) is 4. The maximum absolute atomic E-state index is 14.3. The molecule has 3 fully saturated rings. The molecule has 2 heterocycles. The standard InChI is InChI=1S/C37H69N3O6/c1-14-15-40-22-25(4)20-37(9,43-13)34(46-32-19-29(38(10)11)16-26(5)45-32)27(6)33(41)36(7,8)35(42)44-23-31(40)28-17-30(18-28)39(12)21-24(2)3/h24-32,34H,14-23H2,1-13H3/t25-,26-,27+,28-,29+,30-,31+,32+,34-,37-/m1/s1. The highest BCUT2D eigenvalue weighted by molar-refractivity contribution is 6.04. The second-order valence-corrected chi connectivity index (χ2v) is 16.5. The predicted octanol–water partition coefficient (Wildman–Crippen LogP) is 5.49. The van der Waals surface area contributed by atoms with Crippen molar-refractivity contribution in [3.05, 3.63) is 0 Å². The third kappa shape index (κ3) is 9.53. The Hall–Kier alpha value is -1.10. The van der Waals surface area contributed by atoms with Crippen molar-refractivity contribution in [2.24, 2.45) is 29.1 Å². The summed E-state index contributed by atoms with van der Waals surface area (Å²) in [5.41, 5.74) is -2.11. The number of Topliss-reactive ketones (excluding diaryl/α,β-unsaturated/α-hetero) is 1. The third-order valence-corrected chi connectivity index (χ3v) is 11.2. The van der Waals surface area contributed by atoms with Gasteiger partial charge < -0.3 is 28.7 Å². The third-order valence-electron chi connectivity index (χ3n) is 11.2. The first-order valence-corrected chi connectivity index (χ1v) is 18.1. The molecule has 0 radical (unpaired) electrons. The van der Waals surface area contributed by atoms with Gasteiger partial charge >= 0.3 is 5.97 Å². The number of carbonyl (C=O) groups excluding carboxylic acids is 2. The summed E-state index contributed by atoms with van der Waals surface area (Å²) < 4.78 is 25.6. The number of hydrogen-bond acceptors (Lipinski definition) is 9. The van der Waals surface area contributed by atoms with E-state index in [1.165, 1.54) is 0 Å². The van der Waals surface area contributed by atoms with E-state index >= 15 is 0 Å². The average molecular weight is 652 g/mol. The van der Waals surface area contributed by atoms with Crippen molar-refractivity contribution in [1.82, 2.24) is 14.7 Å². The highest BCUT2D eigenvalue weighted by atomic mass is 16.7. The van der Waals surface area contributed by atoms with Gasteiger partial charge in [0.05, 0.1) is 17.8 Å². The summed E-state index contributed by atoms with van der Waals surface area (Å²) in [6.45, 7) is 21.6. The van der Waals surface area contributed by atoms with Gasteiger partial charge in [0.25, 0.3) is 0 Å². The monoisotopic (exact) mass is 652 g/mol. The molecule has 0 aromatic rings. The van der Waals surface area contributed by atoms with Crippen LogP contribution in [0.25, 0.3) is 0 Å². The van der Waals surface area contributed by atoms with Crippen molar-refractivity contribution >= 4 is 11.8 Å². The van der Waals surface area contributed by atoms with Crippen LogP contribution in [0.2, 0.25) is 0 Å². The van der Waals surface area contributed by atoms with Crippen molar-refractivity contribution in [3.8, 4) is 0 Å². The summed E-state index contributed by atoms with van der Waals surface area (Å²) in [5, 5.41) is 0. The van der Waals surface area contributed by atoms with E-state index in [-0.39, 0.29) is 23.8 Å². The van der Waals surface area contributed by atoms with Gasteiger partial charge in [0.15, 0.2) is 12.1 Å². The summed E-state index contributed by atoms with van der Waals surface area (Å²) in [6, 6.07) is 0.975. The fourth-order valence-corrected chi connectivity index (χ4v) is 8.40. The van der Waals surface area contributed by atoms with Gasteiger partial charge in [0.1, 0.15) is 12.0 Å². The highest BCUT2D eigenvalue weighted by Crippen LogP contribution is 2.40. The summed E-state index contributed by atoms with van der Waals surface area (Å²) >= 11 is 0. The molecule has 0 spiro atoms. The lowest BCUT2D eigenvalue weighted by atomic mass is 9.73. The van der Waals surface area contributed by atoms with Crippen LogP contribution in [0, 0.1) is 29.1 Å². The summed E-state index contributed by atoms with van der Waals surface area (Å²) in [5.74, 6) is 0.0440. The molecular weight excluding hydrogens is 582 g/mol. The fraction of sp³-hybridized carbons (Fsp3) is 0.946. The number of nitrogens with zero attached hydrogens (tertiary/aromatic N) is 3. The maximum atomic E-state index is 14.3. The zero-order valence-corrected chi connectivity index (χ0v) is 31.6. The molecule has 1 aliphatic carbocycles. The van der Waals surface area contributed by atoms with E-state index in [1.807, 2.05) is 6.92 Å². The molecule has 2 aliphatic heterocycles. The van der Waals surface area contributed by atoms with Gasteiger partial charge in [0, 0.05) is 50.7 Å². The van der Waals surface area contributed by atoms with Crippen LogP contribution in [-0.4, -0.2) is 123 Å². The Morgan fingerprint density at radius 3 is 2.22 bits per heavy atom. The molecule has 0 aromatic heterocycles. The number of rotatable bonds is 10. The Labute approximate surface area is 281 Å². The average Bonchev–Trinajstić information content (AvgIpc) is 2.94. The fourth-order valence-electron chi connectivity index (χ4n) is 8.40. The van der Waals surface area contributed by atoms with E-state index in [0.717, 1.165) is 45.3 Å². The first-order valence-electron chi connectivity index (χ1n) is 18.1. The maximum Gasteiger partial charge on any atom is 0.319 e. The lowest BCUT2D eigenvalue weighted by molar-refractivity contribution is -0.263. The molecule has 0 unspecified atom stereocenters. The van der Waals surface area contributed by atoms with Gasteiger partial charge in [0.2, 0.25) is 0 Å². The lowest BCUT2D eigenvalue weighted by Crippen LogP contribution is -2.56. The molecule has 0 N–H and O–H groups in total. The van der Waals surface area contributed by atoms with E-state index in [0.29, 0.717) is 43.4 Å². The van der Waals surface area contributed by atoms with Crippen molar-refractivity contribution in [2.45, 2.75) is 143 Å². The van der Waals surface area contributed by atoms with E-state index < -0.39 is 35.3 Å². The second kappa shape index (κ2) is 16.5. The van der Waals surface area contributed by atoms with Crippen LogP contribution < -0.4 is 0 Å². The SMILES string of the molecule is CCCN1C[C@H](C)C[C@@](C)(OC)[C@H](O[C@H]2C[C@@H](N(C)C)C[C@@H](C)O2)[C@@H](C)C(=O)C(C)(C)C(=O)OC[C@H]1[C@H]1C[C@H](N(C)CC(C)C)C1. The van der Waals surface area contributed by atoms with E-state index in [2.05, 4.69) is 77.4 Å². The molecular formula is C37H69N3O6.